The van der Waals surface area contributed by atoms with E-state index in [2.05, 4.69) is 104 Å². The maximum atomic E-state index is 12.5. The van der Waals surface area contributed by atoms with E-state index in [-0.39, 0.29) is 149 Å². The molecule has 0 aromatic rings. The molecule has 0 aromatic carbocycles. The Labute approximate surface area is 715 Å². The molecule has 121 heavy (non-hydrogen) atoms. The summed E-state index contributed by atoms with van der Waals surface area (Å²) >= 11 is 0. The molecule has 12 bridgehead atoms. The summed E-state index contributed by atoms with van der Waals surface area (Å²) in [7, 11) is 0. The number of nitriles is 1. The van der Waals surface area contributed by atoms with E-state index in [4.69, 9.17) is 57.7 Å². The van der Waals surface area contributed by atoms with Crippen molar-refractivity contribution in [3.05, 3.63) is 0 Å². The zero-order chi connectivity index (χ0) is 88.3. The second-order valence-corrected chi connectivity index (χ2v) is 39.4. The van der Waals surface area contributed by atoms with E-state index in [9.17, 15) is 62.3 Å². The van der Waals surface area contributed by atoms with Crippen molar-refractivity contribution < 1.29 is 115 Å². The molecule has 0 radical (unpaired) electrons. The Bertz CT molecular complexity index is 3700. The lowest BCUT2D eigenvalue weighted by Crippen LogP contribution is -2.45. The summed E-state index contributed by atoms with van der Waals surface area (Å²) in [5, 5.41) is 27.7. The fraction of sp³-hybridized carbons (Fsp3) is 0.848. The molecule has 15 rings (SSSR count). The maximum absolute atomic E-state index is 12.5. The minimum Gasteiger partial charge on any atom is -0.463 e. The van der Waals surface area contributed by atoms with Crippen LogP contribution in [0.4, 0.5) is 0 Å². The first-order valence-corrected chi connectivity index (χ1v) is 45.6. The van der Waals surface area contributed by atoms with E-state index >= 15 is 0 Å². The van der Waals surface area contributed by atoms with Crippen LogP contribution in [0, 0.1) is 194 Å². The number of nitrogens with zero attached hydrogens (tertiary/aromatic N) is 1. The smallest absolute Gasteiger partial charge is 0.348 e. The minimum absolute atomic E-state index is 0.00889. The molecule has 12 saturated carbocycles. The van der Waals surface area contributed by atoms with E-state index < -0.39 is 59.6 Å². The second-order valence-electron chi connectivity index (χ2n) is 39.4. The molecule has 0 aromatic heterocycles. The van der Waals surface area contributed by atoms with Gasteiger partial charge in [0.2, 0.25) is 35.8 Å². The van der Waals surface area contributed by atoms with Crippen LogP contribution in [0.1, 0.15) is 207 Å². The molecule has 34 atom stereocenters. The Morgan fingerprint density at radius 3 is 1.17 bits per heavy atom. The van der Waals surface area contributed by atoms with Crippen molar-refractivity contribution in [1.29, 1.82) is 5.26 Å². The Balaban J connectivity index is 0.000000153. The van der Waals surface area contributed by atoms with Crippen LogP contribution in [0.5, 0.6) is 0 Å². The van der Waals surface area contributed by atoms with Crippen LogP contribution in [0.3, 0.4) is 0 Å². The van der Waals surface area contributed by atoms with E-state index in [1.165, 1.54) is 6.42 Å². The quantitative estimate of drug-likeness (QED) is 0.0323. The lowest BCUT2D eigenvalue weighted by atomic mass is 9.75. The van der Waals surface area contributed by atoms with Crippen LogP contribution in [-0.2, 0) is 110 Å². The monoisotopic (exact) mass is 1700 g/mol. The summed E-state index contributed by atoms with van der Waals surface area (Å²) in [6, 6.07) is 1.19. The highest BCUT2D eigenvalue weighted by molar-refractivity contribution is 5.88. The number of hydrogen-bond donors (Lipinski definition) is 5. The molecule has 29 nitrogen and oxygen atoms in total. The normalized spacial score (nSPS) is 39.3. The largest absolute Gasteiger partial charge is 0.463 e. The Hall–Kier alpha value is -7.48. The first-order valence-electron chi connectivity index (χ1n) is 45.6. The number of rotatable bonds is 25. The van der Waals surface area contributed by atoms with Gasteiger partial charge in [-0.1, -0.05) is 96.9 Å². The van der Waals surface area contributed by atoms with Crippen molar-refractivity contribution in [2.45, 2.75) is 231 Å². The molecule has 0 spiro atoms. The van der Waals surface area contributed by atoms with Gasteiger partial charge in [-0.05, 0) is 233 Å². The summed E-state index contributed by atoms with van der Waals surface area (Å²) < 4.78 is 50.3. The fourth-order valence-electron chi connectivity index (χ4n) is 24.3. The number of carbonyl (C=O) groups excluding carboxylic acids is 13. The van der Waals surface area contributed by atoms with Gasteiger partial charge >= 0.3 is 53.7 Å². The van der Waals surface area contributed by atoms with Gasteiger partial charge in [-0.15, -0.1) is 0 Å². The zero-order valence-corrected chi connectivity index (χ0v) is 74.5. The molecule has 29 heteroatoms. The molecular formula is C92H141N5O24. The molecule has 3 heterocycles. The van der Waals surface area contributed by atoms with Gasteiger partial charge in [0.15, 0.2) is 0 Å². The minimum atomic E-state index is -0.734. The summed E-state index contributed by atoms with van der Waals surface area (Å²) in [6.07, 6.45) is 11.4. The summed E-state index contributed by atoms with van der Waals surface area (Å²) in [6.45, 7) is 36.1. The van der Waals surface area contributed by atoms with E-state index in [0.717, 1.165) is 82.5 Å². The van der Waals surface area contributed by atoms with Crippen molar-refractivity contribution in [3.8, 4) is 6.07 Å². The predicted octanol–water partition coefficient (Wildman–Crippen LogP) is 9.13. The Morgan fingerprint density at radius 1 is 0.463 bits per heavy atom. The van der Waals surface area contributed by atoms with E-state index in [1.807, 2.05) is 26.8 Å². The molecule has 15 fully saturated rings. The molecule has 3 aliphatic heterocycles. The zero-order valence-electron chi connectivity index (χ0n) is 74.5. The van der Waals surface area contributed by atoms with Gasteiger partial charge in [-0.25, -0.2) is 14.4 Å². The number of amides is 4. The Morgan fingerprint density at radius 2 is 0.835 bits per heavy atom. The third-order valence-corrected chi connectivity index (χ3v) is 32.8. The van der Waals surface area contributed by atoms with Gasteiger partial charge in [0.1, 0.15) is 64.8 Å². The number of ether oxygens (including phenoxy) is 10. The van der Waals surface area contributed by atoms with Crippen molar-refractivity contribution in [2.75, 3.05) is 79.1 Å². The van der Waals surface area contributed by atoms with Gasteiger partial charge in [0, 0.05) is 42.1 Å². The number of esters is 9. The van der Waals surface area contributed by atoms with Crippen LogP contribution in [0.25, 0.3) is 0 Å². The van der Waals surface area contributed by atoms with Crippen LogP contribution < -0.4 is 21.3 Å². The number of hydrogen-bond acceptors (Lipinski definition) is 25. The summed E-state index contributed by atoms with van der Waals surface area (Å²) in [5.74, 6) is 11.2. The van der Waals surface area contributed by atoms with Gasteiger partial charge in [0.05, 0.1) is 50.6 Å². The van der Waals surface area contributed by atoms with E-state index in [0.29, 0.717) is 163 Å². The highest BCUT2D eigenvalue weighted by Crippen LogP contribution is 2.60. The van der Waals surface area contributed by atoms with Gasteiger partial charge < -0.3 is 73.7 Å². The van der Waals surface area contributed by atoms with Gasteiger partial charge in [-0.2, -0.15) is 5.26 Å². The number of carbonyl (C=O) groups is 13. The molecule has 678 valence electrons. The summed E-state index contributed by atoms with van der Waals surface area (Å²) in [5.41, 5.74) is -0.413. The molecule has 4 amide bonds. The van der Waals surface area contributed by atoms with Crippen molar-refractivity contribution in [3.63, 3.8) is 0 Å². The fourth-order valence-corrected chi connectivity index (χ4v) is 24.3. The third-order valence-electron chi connectivity index (χ3n) is 32.8. The van der Waals surface area contributed by atoms with Crippen molar-refractivity contribution in [1.82, 2.24) is 21.3 Å². The first kappa shape index (κ1) is 95.7. The molecular weight excluding hydrogens is 1560 g/mol. The highest BCUT2D eigenvalue weighted by atomic mass is 16.6. The topological polar surface area (TPSA) is 406 Å². The number of aliphatic hydroxyl groups is 1. The molecule has 3 saturated heterocycles. The second kappa shape index (κ2) is 42.5. The first-order chi connectivity index (χ1) is 57.4. The third kappa shape index (κ3) is 22.8. The van der Waals surface area contributed by atoms with Crippen LogP contribution in [0.2, 0.25) is 0 Å². The average molecular weight is 1700 g/mol. The van der Waals surface area contributed by atoms with Crippen LogP contribution in [-0.4, -0.2) is 186 Å². The van der Waals surface area contributed by atoms with Crippen molar-refractivity contribution >= 4 is 77.4 Å². The highest BCUT2D eigenvalue weighted by Gasteiger charge is 2.58. The van der Waals surface area contributed by atoms with Crippen LogP contribution in [0.15, 0.2) is 0 Å². The molecule has 12 aliphatic carbocycles. The standard InChI is InChI=1S/C17H25NO5.C16H27NO4.C16H24O4.C15H22N2O3.C14H23NO4.C14H20O4/c1-8-9(2)13-4-11(8)5-14(13)16(20)18-10(3)17(21)23-12-6-15(19)22-7-12;1-4-20-5-6-21-15(18)9-17-16(19)14-8-12-7-13(14)11(3)10(12)2;1-8-9(2)11-5-10(8)6-12(11)14(17)20-13-15(18)19-7-16(13,3)4;1-9-10(2)12-6-11(9)7-13(12)15(19)17-8-14(18)20-5-3-4-16;1-8-9(2)11-5-10(8)6-12(11)14(18)15-7-13(17)19-4-3-16;1-7-8(2)10-5-9(7)6-11(10)13(15)18-12-3-4-17-14(12)16/h8-14H,4-7H2,1-3H3,(H,18,20);10-14H,4-9H2,1-3H3,(H,17,19);8-13H,5-7H2,1-4H3;9-13H,3,5-8H2,1-2H3,(H,17,19);8-12,16H,3-7H2,1-2H3,(H,15,18);7-12H,3-6H2,1-2H3. The molecule has 15 aliphatic rings. The number of aliphatic hydroxyl groups excluding tert-OH is 1. The molecule has 34 unspecified atom stereocenters. The van der Waals surface area contributed by atoms with E-state index in [1.54, 1.807) is 6.92 Å². The van der Waals surface area contributed by atoms with Gasteiger partial charge in [-0.3, -0.25) is 47.9 Å². The predicted molar refractivity (Wildman–Crippen MR) is 437 cm³/mol. The lowest BCUT2D eigenvalue weighted by Gasteiger charge is -2.31. The Kier molecular flexibility index (Phi) is 33.6. The number of nitrogens with one attached hydrogen (secondary N) is 4. The molecule has 5 N–H and O–H groups in total. The van der Waals surface area contributed by atoms with Crippen molar-refractivity contribution in [2.24, 2.45) is 183 Å². The number of cyclic esters (lactones) is 3. The summed E-state index contributed by atoms with van der Waals surface area (Å²) in [4.78, 5) is 154. The SMILES string of the molecule is CC(NC(=O)C1CC2CC1C(C)C2C)C(=O)OC1COC(=O)C1.CC1C2CC(C(=O)NCC(=O)OCCC#N)C(C2)C1C.CC1C2CC(C(=O)NCC(=O)OCCO)C(C2)C1C.CC1C2CC(C(=O)OC3C(=O)OCC3(C)C)C(C2)C1C.CC1C2CC(C(=O)OC3CCOC3=O)C(C2)C1C.CCOCCOC(=O)CNC(=O)C1CC2CC1C(C)C2C. The lowest BCUT2D eigenvalue weighted by molar-refractivity contribution is -0.168. The maximum Gasteiger partial charge on any atom is 0.348 e. The number of fused-ring (bicyclic) bond motifs is 12. The van der Waals surface area contributed by atoms with Gasteiger partial charge in [0.25, 0.3) is 0 Å². The van der Waals surface area contributed by atoms with Crippen LogP contribution >= 0.6 is 0 Å². The average Bonchev–Trinajstić information content (AvgIpc) is 1.79.